The van der Waals surface area contributed by atoms with E-state index in [1.165, 1.54) is 0 Å². The molecule has 0 saturated heterocycles. The highest BCUT2D eigenvalue weighted by atomic mass is 79.9. The predicted molar refractivity (Wildman–Crippen MR) is 103 cm³/mol. The molecule has 1 amide bonds. The van der Waals surface area contributed by atoms with Gasteiger partial charge in [-0.25, -0.2) is 0 Å². The Kier molecular flexibility index (Phi) is 6.05. The second-order valence-corrected chi connectivity index (χ2v) is 8.24. The number of hydrogen-bond donors (Lipinski definition) is 0. The maximum atomic E-state index is 12.3. The molecule has 0 saturated carbocycles. The molecule has 8 heteroatoms. The first-order valence-electron chi connectivity index (χ1n) is 8.00. The number of carbonyl (C=O) groups excluding carboxylic acids is 1. The SMILES string of the molecule is COc1ccc(-c2noc(CCC(=O)N(C)Cc3ccc(Br)s3)n2)cc1. The van der Waals surface area contributed by atoms with E-state index < -0.39 is 0 Å². The molecule has 0 atom stereocenters. The zero-order chi connectivity index (χ0) is 18.5. The van der Waals surface area contributed by atoms with E-state index in [2.05, 4.69) is 26.1 Å². The smallest absolute Gasteiger partial charge is 0.227 e. The van der Waals surface area contributed by atoms with Gasteiger partial charge in [-0.05, 0) is 52.3 Å². The van der Waals surface area contributed by atoms with Crippen LogP contribution in [-0.2, 0) is 17.8 Å². The molecular formula is C18H18BrN3O3S. The molecule has 0 spiro atoms. The van der Waals surface area contributed by atoms with Crippen LogP contribution in [0.15, 0.2) is 44.7 Å². The number of thiophene rings is 1. The summed E-state index contributed by atoms with van der Waals surface area (Å²) in [6, 6.07) is 11.4. The van der Waals surface area contributed by atoms with Crippen LogP contribution in [0.4, 0.5) is 0 Å². The molecule has 2 heterocycles. The maximum absolute atomic E-state index is 12.3. The summed E-state index contributed by atoms with van der Waals surface area (Å²) in [4.78, 5) is 19.5. The molecule has 0 aliphatic carbocycles. The number of amides is 1. The zero-order valence-corrected chi connectivity index (χ0v) is 16.8. The first kappa shape index (κ1) is 18.6. The number of nitrogens with zero attached hydrogens (tertiary/aromatic N) is 3. The van der Waals surface area contributed by atoms with Crippen molar-refractivity contribution in [1.82, 2.24) is 15.0 Å². The summed E-state index contributed by atoms with van der Waals surface area (Å²) < 4.78 is 11.5. The van der Waals surface area contributed by atoms with E-state index in [9.17, 15) is 4.79 Å². The fourth-order valence-corrected chi connectivity index (χ4v) is 3.91. The molecule has 26 heavy (non-hydrogen) atoms. The Hall–Kier alpha value is -2.19. The first-order valence-corrected chi connectivity index (χ1v) is 9.61. The molecule has 0 fully saturated rings. The topological polar surface area (TPSA) is 68.5 Å². The van der Waals surface area contributed by atoms with Crippen LogP contribution < -0.4 is 4.74 Å². The number of aryl methyl sites for hydroxylation is 1. The van der Waals surface area contributed by atoms with E-state index >= 15 is 0 Å². The van der Waals surface area contributed by atoms with Gasteiger partial charge >= 0.3 is 0 Å². The molecule has 2 aromatic heterocycles. The van der Waals surface area contributed by atoms with Gasteiger partial charge in [-0.1, -0.05) is 5.16 Å². The van der Waals surface area contributed by atoms with E-state index in [1.54, 1.807) is 30.4 Å². The third kappa shape index (κ3) is 4.70. The average molecular weight is 436 g/mol. The van der Waals surface area contributed by atoms with Crippen molar-refractivity contribution < 1.29 is 14.1 Å². The third-order valence-corrected chi connectivity index (χ3v) is 5.43. The first-order chi connectivity index (χ1) is 12.5. The van der Waals surface area contributed by atoms with Crippen molar-refractivity contribution in [2.24, 2.45) is 0 Å². The van der Waals surface area contributed by atoms with Gasteiger partial charge in [0.05, 0.1) is 17.4 Å². The minimum absolute atomic E-state index is 0.0405. The van der Waals surface area contributed by atoms with Crippen LogP contribution in [0.3, 0.4) is 0 Å². The summed E-state index contributed by atoms with van der Waals surface area (Å²) in [5.41, 5.74) is 0.840. The Morgan fingerprint density at radius 2 is 2.04 bits per heavy atom. The molecule has 0 unspecified atom stereocenters. The molecule has 6 nitrogen and oxygen atoms in total. The zero-order valence-electron chi connectivity index (χ0n) is 14.4. The number of rotatable bonds is 7. The third-order valence-electron chi connectivity index (χ3n) is 3.82. The Morgan fingerprint density at radius 3 is 2.69 bits per heavy atom. The predicted octanol–water partition coefficient (Wildman–Crippen LogP) is 4.16. The number of aromatic nitrogens is 2. The maximum Gasteiger partial charge on any atom is 0.227 e. The van der Waals surface area contributed by atoms with E-state index in [0.717, 1.165) is 20.0 Å². The summed E-state index contributed by atoms with van der Waals surface area (Å²) in [6.07, 6.45) is 0.744. The van der Waals surface area contributed by atoms with E-state index in [0.29, 0.717) is 31.1 Å². The monoisotopic (exact) mass is 435 g/mol. The highest BCUT2D eigenvalue weighted by Crippen LogP contribution is 2.23. The highest BCUT2D eigenvalue weighted by molar-refractivity contribution is 9.11. The fourth-order valence-electron chi connectivity index (χ4n) is 2.38. The Morgan fingerprint density at radius 1 is 1.27 bits per heavy atom. The van der Waals surface area contributed by atoms with Gasteiger partial charge in [-0.2, -0.15) is 4.98 Å². The summed E-state index contributed by atoms with van der Waals surface area (Å²) >= 11 is 5.05. The number of ether oxygens (including phenoxy) is 1. The molecule has 1 aromatic carbocycles. The van der Waals surface area contributed by atoms with Crippen LogP contribution >= 0.6 is 27.3 Å². The highest BCUT2D eigenvalue weighted by Gasteiger charge is 2.14. The normalized spacial score (nSPS) is 10.7. The van der Waals surface area contributed by atoms with Gasteiger partial charge in [0, 0.05) is 30.3 Å². The van der Waals surface area contributed by atoms with Gasteiger partial charge in [0.25, 0.3) is 0 Å². The number of hydrogen-bond acceptors (Lipinski definition) is 6. The van der Waals surface area contributed by atoms with Crippen molar-refractivity contribution in [3.8, 4) is 17.1 Å². The van der Waals surface area contributed by atoms with Gasteiger partial charge in [0.2, 0.25) is 17.6 Å². The van der Waals surface area contributed by atoms with Crippen molar-refractivity contribution in [2.75, 3.05) is 14.2 Å². The van der Waals surface area contributed by atoms with Crippen molar-refractivity contribution in [2.45, 2.75) is 19.4 Å². The van der Waals surface area contributed by atoms with E-state index in [-0.39, 0.29) is 5.91 Å². The number of carbonyl (C=O) groups is 1. The Balaban J connectivity index is 1.54. The minimum atomic E-state index is 0.0405. The van der Waals surface area contributed by atoms with E-state index in [4.69, 9.17) is 9.26 Å². The standard InChI is InChI=1S/C18H18BrN3O3S/c1-22(11-14-7-8-15(19)26-14)17(23)10-9-16-20-18(21-25-16)12-3-5-13(24-2)6-4-12/h3-8H,9-11H2,1-2H3. The molecular weight excluding hydrogens is 418 g/mol. The van der Waals surface area contributed by atoms with Crippen LogP contribution in [0.1, 0.15) is 17.2 Å². The Labute approximate surface area is 163 Å². The quantitative estimate of drug-likeness (QED) is 0.557. The summed E-state index contributed by atoms with van der Waals surface area (Å²) in [5.74, 6) is 1.77. The molecule has 136 valence electrons. The van der Waals surface area contributed by atoms with Crippen LogP contribution in [0.5, 0.6) is 5.75 Å². The van der Waals surface area contributed by atoms with Gasteiger partial charge in [0.1, 0.15) is 5.75 Å². The molecule has 0 aliphatic heterocycles. The largest absolute Gasteiger partial charge is 0.497 e. The summed E-state index contributed by atoms with van der Waals surface area (Å²) in [6.45, 7) is 0.593. The average Bonchev–Trinajstić information content (AvgIpc) is 3.28. The number of methoxy groups -OCH3 is 1. The van der Waals surface area contributed by atoms with E-state index in [1.807, 2.05) is 36.4 Å². The van der Waals surface area contributed by atoms with Crippen LogP contribution in [0, 0.1) is 0 Å². The van der Waals surface area contributed by atoms with Gasteiger partial charge in [-0.3, -0.25) is 4.79 Å². The molecule has 0 bridgehead atoms. The summed E-state index contributed by atoms with van der Waals surface area (Å²) in [5, 5.41) is 3.98. The van der Waals surface area contributed by atoms with Crippen molar-refractivity contribution in [3.05, 3.63) is 51.0 Å². The summed E-state index contributed by atoms with van der Waals surface area (Å²) in [7, 11) is 3.42. The van der Waals surface area contributed by atoms with Crippen LogP contribution in [-0.4, -0.2) is 35.1 Å². The lowest BCUT2D eigenvalue weighted by Gasteiger charge is -2.15. The lowest BCUT2D eigenvalue weighted by Crippen LogP contribution is -2.26. The van der Waals surface area contributed by atoms with Gasteiger partial charge in [0.15, 0.2) is 0 Å². The molecule has 3 rings (SSSR count). The number of halogens is 1. The Bertz CT molecular complexity index is 876. The second kappa shape index (κ2) is 8.46. The molecule has 3 aromatic rings. The van der Waals surface area contributed by atoms with Gasteiger partial charge < -0.3 is 14.2 Å². The lowest BCUT2D eigenvalue weighted by molar-refractivity contribution is -0.130. The molecule has 0 aliphatic rings. The van der Waals surface area contributed by atoms with Crippen molar-refractivity contribution in [3.63, 3.8) is 0 Å². The van der Waals surface area contributed by atoms with Crippen molar-refractivity contribution in [1.29, 1.82) is 0 Å². The van der Waals surface area contributed by atoms with Gasteiger partial charge in [-0.15, -0.1) is 11.3 Å². The lowest BCUT2D eigenvalue weighted by atomic mass is 10.2. The minimum Gasteiger partial charge on any atom is -0.497 e. The molecule has 0 N–H and O–H groups in total. The van der Waals surface area contributed by atoms with Crippen LogP contribution in [0.2, 0.25) is 0 Å². The molecule has 0 radical (unpaired) electrons. The number of benzene rings is 1. The van der Waals surface area contributed by atoms with Crippen molar-refractivity contribution >= 4 is 33.2 Å². The fraction of sp³-hybridized carbons (Fsp3) is 0.278. The van der Waals surface area contributed by atoms with Crippen LogP contribution in [0.25, 0.3) is 11.4 Å². The second-order valence-electron chi connectivity index (χ2n) is 5.70.